The van der Waals surface area contributed by atoms with Gasteiger partial charge in [0.1, 0.15) is 0 Å². The molecular formula is C34H48N2O3. The highest BCUT2D eigenvalue weighted by molar-refractivity contribution is 5.96. The number of rotatable bonds is 2. The van der Waals surface area contributed by atoms with E-state index in [0.717, 1.165) is 44.9 Å². The molecule has 0 aromatic rings. The van der Waals surface area contributed by atoms with E-state index in [-0.39, 0.29) is 56.6 Å². The molecule has 5 aliphatic rings. The average molecular weight is 533 g/mol. The predicted octanol–water partition coefficient (Wildman–Crippen LogP) is 6.71. The van der Waals surface area contributed by atoms with Crippen LogP contribution in [0.15, 0.2) is 36.0 Å². The number of amides is 1. The number of nitrogens with one attached hydrogen (secondary N) is 1. The number of carbonyl (C=O) groups is 2. The molecule has 2 unspecified atom stereocenters. The molecule has 0 aromatic carbocycles. The van der Waals surface area contributed by atoms with Gasteiger partial charge in [0.25, 0.3) is 0 Å². The van der Waals surface area contributed by atoms with Crippen LogP contribution in [-0.2, 0) is 14.3 Å². The van der Waals surface area contributed by atoms with Gasteiger partial charge in [-0.15, -0.1) is 0 Å². The Balaban J connectivity index is 1.68. The molecule has 1 heterocycles. The molecule has 7 atom stereocenters. The molecule has 0 saturated heterocycles. The fourth-order valence-corrected chi connectivity index (χ4v) is 10.3. The molecular weight excluding hydrogens is 484 g/mol. The van der Waals surface area contributed by atoms with E-state index in [9.17, 15) is 14.9 Å². The van der Waals surface area contributed by atoms with Gasteiger partial charge in [-0.1, -0.05) is 66.7 Å². The summed E-state index contributed by atoms with van der Waals surface area (Å²) in [6.45, 7) is 20.9. The Morgan fingerprint density at radius 3 is 2.46 bits per heavy atom. The summed E-state index contributed by atoms with van der Waals surface area (Å²) in [5.74, 6) is 0.298. The average Bonchev–Trinajstić information content (AvgIpc) is 2.84. The van der Waals surface area contributed by atoms with Crippen molar-refractivity contribution >= 4 is 11.7 Å². The minimum Gasteiger partial charge on any atom is -0.375 e. The van der Waals surface area contributed by atoms with E-state index >= 15 is 0 Å². The topological polar surface area (TPSA) is 79.2 Å². The van der Waals surface area contributed by atoms with Crippen LogP contribution in [0.5, 0.6) is 0 Å². The van der Waals surface area contributed by atoms with E-state index in [0.29, 0.717) is 18.8 Å². The Labute approximate surface area is 235 Å². The number of allylic oxidation sites excluding steroid dienone is 3. The lowest BCUT2D eigenvalue weighted by molar-refractivity contribution is -0.163. The van der Waals surface area contributed by atoms with Crippen molar-refractivity contribution < 1.29 is 14.3 Å². The van der Waals surface area contributed by atoms with Gasteiger partial charge in [0, 0.05) is 16.9 Å². The lowest BCUT2D eigenvalue weighted by atomic mass is 9.35. The third kappa shape index (κ3) is 4.03. The zero-order valence-electron chi connectivity index (χ0n) is 25.2. The van der Waals surface area contributed by atoms with Gasteiger partial charge in [0.15, 0.2) is 5.78 Å². The van der Waals surface area contributed by atoms with E-state index in [1.54, 1.807) is 0 Å². The first kappa shape index (κ1) is 28.3. The van der Waals surface area contributed by atoms with Crippen molar-refractivity contribution in [2.45, 2.75) is 99.0 Å². The lowest BCUT2D eigenvalue weighted by Crippen LogP contribution is -2.69. The van der Waals surface area contributed by atoms with Crippen molar-refractivity contribution in [1.82, 2.24) is 5.32 Å². The number of hydrogen-bond acceptors (Lipinski definition) is 4. The van der Waals surface area contributed by atoms with E-state index in [2.05, 4.69) is 72.5 Å². The number of nitrogens with zero attached hydrogens (tertiary/aromatic N) is 1. The number of fused-ring (bicyclic) bond motifs is 7. The summed E-state index contributed by atoms with van der Waals surface area (Å²) in [5.41, 5.74) is 0.741. The minimum absolute atomic E-state index is 0.0840. The molecule has 0 bridgehead atoms. The number of ether oxygens (including phenoxy) is 1. The number of ketones is 1. The number of nitriles is 1. The SMILES string of the molecule is C=CC(=O)N[C@]12CCC(C)(C)CC1C1C(=O)C=C3[C@@]4(C)/C=C(/C#N)COCC(C)(C)[C@@H]4CC[C@@]3(C)[C@]1(C)CC2. The number of carbonyl (C=O) groups excluding carboxylic acids is 2. The van der Waals surface area contributed by atoms with Gasteiger partial charge in [-0.05, 0) is 90.6 Å². The molecule has 1 amide bonds. The maximum atomic E-state index is 14.6. The Hall–Kier alpha value is -2.19. The summed E-state index contributed by atoms with van der Waals surface area (Å²) in [5, 5.41) is 13.3. The van der Waals surface area contributed by atoms with Crippen LogP contribution in [-0.4, -0.2) is 30.4 Å². The monoisotopic (exact) mass is 532 g/mol. The molecule has 1 aliphatic heterocycles. The maximum absolute atomic E-state index is 14.6. The summed E-state index contributed by atoms with van der Waals surface area (Å²) in [6.07, 6.45) is 12.2. The fraction of sp³-hybridized carbons (Fsp3) is 0.735. The van der Waals surface area contributed by atoms with Crippen LogP contribution in [0.1, 0.15) is 93.4 Å². The normalized spacial score (nSPS) is 45.7. The Morgan fingerprint density at radius 2 is 1.79 bits per heavy atom. The van der Waals surface area contributed by atoms with Crippen molar-refractivity contribution in [2.24, 2.45) is 44.8 Å². The first-order valence-corrected chi connectivity index (χ1v) is 15.0. The van der Waals surface area contributed by atoms with Gasteiger partial charge in [0.2, 0.25) is 5.91 Å². The van der Waals surface area contributed by atoms with Gasteiger partial charge >= 0.3 is 0 Å². The highest BCUT2D eigenvalue weighted by Gasteiger charge is 2.69. The lowest BCUT2D eigenvalue weighted by Gasteiger charge is -2.69. The summed E-state index contributed by atoms with van der Waals surface area (Å²) in [7, 11) is 0. The zero-order chi connectivity index (χ0) is 28.6. The van der Waals surface area contributed by atoms with Crippen LogP contribution in [0, 0.1) is 56.2 Å². The van der Waals surface area contributed by atoms with E-state index < -0.39 is 5.41 Å². The maximum Gasteiger partial charge on any atom is 0.243 e. The smallest absolute Gasteiger partial charge is 0.243 e. The standard InChI is InChI=1S/C34H48N2O3/c1-9-27(38)36-34-14-12-29(2,3)18-23(34)28-24(37)16-26-31(6)17-22(19-35)20-39-21-30(4,5)25(31)10-11-32(26,7)33(28,8)13-15-34/h9,16-17,23,25,28H,1,10-15,18,20-21H2,2-8H3,(H,36,38)/b22-17-/t23?,25-,28?,31-,32+,33+,34-/m0/s1. The van der Waals surface area contributed by atoms with Crippen LogP contribution >= 0.6 is 0 Å². The molecule has 3 saturated carbocycles. The van der Waals surface area contributed by atoms with Crippen LogP contribution in [0.4, 0.5) is 0 Å². The van der Waals surface area contributed by atoms with Crippen LogP contribution in [0.25, 0.3) is 0 Å². The van der Waals surface area contributed by atoms with Crippen molar-refractivity contribution in [1.29, 1.82) is 5.26 Å². The third-order valence-electron chi connectivity index (χ3n) is 12.4. The zero-order valence-corrected chi connectivity index (χ0v) is 25.2. The second kappa shape index (κ2) is 8.90. The van der Waals surface area contributed by atoms with E-state index in [4.69, 9.17) is 4.74 Å². The Morgan fingerprint density at radius 1 is 1.10 bits per heavy atom. The predicted molar refractivity (Wildman–Crippen MR) is 153 cm³/mol. The van der Waals surface area contributed by atoms with Crippen LogP contribution in [0.3, 0.4) is 0 Å². The van der Waals surface area contributed by atoms with Gasteiger partial charge in [-0.3, -0.25) is 9.59 Å². The minimum atomic E-state index is -0.396. The second-order valence-electron chi connectivity index (χ2n) is 15.6. The van der Waals surface area contributed by atoms with Crippen molar-refractivity contribution in [2.75, 3.05) is 13.2 Å². The second-order valence-corrected chi connectivity index (χ2v) is 15.6. The van der Waals surface area contributed by atoms with Crippen molar-refractivity contribution in [3.05, 3.63) is 36.0 Å². The largest absolute Gasteiger partial charge is 0.375 e. The van der Waals surface area contributed by atoms with Gasteiger partial charge in [0.05, 0.1) is 24.9 Å². The summed E-state index contributed by atoms with van der Waals surface area (Å²) < 4.78 is 5.99. The summed E-state index contributed by atoms with van der Waals surface area (Å²) >= 11 is 0. The summed E-state index contributed by atoms with van der Waals surface area (Å²) in [6, 6.07) is 2.39. The molecule has 5 heteroatoms. The molecule has 5 nitrogen and oxygen atoms in total. The van der Waals surface area contributed by atoms with Crippen LogP contribution < -0.4 is 5.32 Å². The quantitative estimate of drug-likeness (QED) is 0.401. The Kier molecular flexibility index (Phi) is 6.47. The van der Waals surface area contributed by atoms with Gasteiger partial charge < -0.3 is 10.1 Å². The molecule has 0 aromatic heterocycles. The van der Waals surface area contributed by atoms with Crippen LogP contribution in [0.2, 0.25) is 0 Å². The van der Waals surface area contributed by atoms with E-state index in [1.807, 2.05) is 6.08 Å². The van der Waals surface area contributed by atoms with Crippen molar-refractivity contribution in [3.8, 4) is 6.07 Å². The number of hydrogen-bond donors (Lipinski definition) is 1. The van der Waals surface area contributed by atoms with Gasteiger partial charge in [-0.25, -0.2) is 0 Å². The molecule has 212 valence electrons. The highest BCUT2D eigenvalue weighted by Crippen LogP contribution is 2.72. The molecule has 0 spiro atoms. The molecule has 0 radical (unpaired) electrons. The first-order chi connectivity index (χ1) is 18.1. The first-order valence-electron chi connectivity index (χ1n) is 15.0. The fourth-order valence-electron chi connectivity index (χ4n) is 10.3. The molecule has 3 fully saturated rings. The molecule has 1 N–H and O–H groups in total. The third-order valence-corrected chi connectivity index (χ3v) is 12.4. The summed E-state index contributed by atoms with van der Waals surface area (Å²) in [4.78, 5) is 27.3. The highest BCUT2D eigenvalue weighted by atomic mass is 16.5. The molecule has 39 heavy (non-hydrogen) atoms. The van der Waals surface area contributed by atoms with Gasteiger partial charge in [-0.2, -0.15) is 5.26 Å². The molecule has 5 rings (SSSR count). The molecule has 4 aliphatic carbocycles. The van der Waals surface area contributed by atoms with Crippen molar-refractivity contribution in [3.63, 3.8) is 0 Å². The van der Waals surface area contributed by atoms with E-state index in [1.165, 1.54) is 11.6 Å². The Bertz CT molecular complexity index is 1200.